The van der Waals surface area contributed by atoms with Gasteiger partial charge >= 0.3 is 5.97 Å². The predicted molar refractivity (Wildman–Crippen MR) is 95.8 cm³/mol. The number of benzene rings is 1. The highest BCUT2D eigenvalue weighted by Crippen LogP contribution is 2.24. The second kappa shape index (κ2) is 7.99. The number of hydrogen-bond donors (Lipinski definition) is 1. The molecule has 3 rings (SSSR count). The van der Waals surface area contributed by atoms with Gasteiger partial charge in [0, 0.05) is 30.9 Å². The molecular formula is C20H22N2O4. The zero-order valence-corrected chi connectivity index (χ0v) is 14.7. The van der Waals surface area contributed by atoms with E-state index in [2.05, 4.69) is 4.98 Å². The number of nitrogens with zero attached hydrogens (tertiary/aromatic N) is 2. The van der Waals surface area contributed by atoms with Crippen molar-refractivity contribution >= 4 is 11.9 Å². The van der Waals surface area contributed by atoms with Gasteiger partial charge in [0.25, 0.3) is 5.91 Å². The molecular weight excluding hydrogens is 332 g/mol. The van der Waals surface area contributed by atoms with Crippen molar-refractivity contribution in [3.8, 4) is 5.88 Å². The van der Waals surface area contributed by atoms with E-state index in [4.69, 9.17) is 4.74 Å². The Morgan fingerprint density at radius 3 is 2.73 bits per heavy atom. The molecule has 1 aliphatic heterocycles. The van der Waals surface area contributed by atoms with Crippen LogP contribution in [0, 0.1) is 11.8 Å². The number of carboxylic acids is 1. The van der Waals surface area contributed by atoms with Crippen LogP contribution in [0.5, 0.6) is 5.88 Å². The second-order valence-corrected chi connectivity index (χ2v) is 6.74. The number of carbonyl (C=O) groups is 2. The Labute approximate surface area is 152 Å². The normalized spacial score (nSPS) is 19.8. The number of piperidine rings is 1. The van der Waals surface area contributed by atoms with E-state index in [9.17, 15) is 14.7 Å². The van der Waals surface area contributed by atoms with Crippen LogP contribution in [-0.2, 0) is 11.4 Å². The van der Waals surface area contributed by atoms with Crippen LogP contribution in [-0.4, -0.2) is 40.0 Å². The number of aromatic nitrogens is 1. The molecule has 0 aliphatic carbocycles. The molecule has 1 amide bonds. The molecule has 1 aliphatic rings. The van der Waals surface area contributed by atoms with Gasteiger partial charge in [-0.2, -0.15) is 0 Å². The summed E-state index contributed by atoms with van der Waals surface area (Å²) in [5.41, 5.74) is 1.47. The SMILES string of the molecule is CC1CC(C(=O)O)CN(C(=O)c2ccnc(OCc3ccccc3)c2)C1. The first-order chi connectivity index (χ1) is 12.5. The standard InChI is InChI=1S/C20H22N2O4/c1-14-9-17(20(24)25)12-22(11-14)19(23)16-7-8-21-18(10-16)26-13-15-5-3-2-4-6-15/h2-8,10,14,17H,9,11-13H2,1H3,(H,24,25). The topological polar surface area (TPSA) is 79.7 Å². The number of hydrogen-bond acceptors (Lipinski definition) is 4. The second-order valence-electron chi connectivity index (χ2n) is 6.74. The van der Waals surface area contributed by atoms with Gasteiger partial charge in [-0.05, 0) is 24.0 Å². The lowest BCUT2D eigenvalue weighted by atomic mass is 9.90. The highest BCUT2D eigenvalue weighted by atomic mass is 16.5. The fourth-order valence-electron chi connectivity index (χ4n) is 3.23. The molecule has 1 aromatic carbocycles. The van der Waals surface area contributed by atoms with E-state index in [1.807, 2.05) is 37.3 Å². The van der Waals surface area contributed by atoms with Gasteiger partial charge in [0.05, 0.1) is 5.92 Å². The van der Waals surface area contributed by atoms with E-state index in [1.54, 1.807) is 17.0 Å². The van der Waals surface area contributed by atoms with Crippen molar-refractivity contribution in [1.82, 2.24) is 9.88 Å². The summed E-state index contributed by atoms with van der Waals surface area (Å²) in [6, 6.07) is 13.0. The Balaban J connectivity index is 1.68. The Hall–Kier alpha value is -2.89. The number of amides is 1. The van der Waals surface area contributed by atoms with E-state index in [0.717, 1.165) is 5.56 Å². The summed E-state index contributed by atoms with van der Waals surface area (Å²) in [5, 5.41) is 9.28. The molecule has 26 heavy (non-hydrogen) atoms. The smallest absolute Gasteiger partial charge is 0.308 e. The molecule has 2 atom stereocenters. The third kappa shape index (κ3) is 4.39. The molecule has 2 heterocycles. The average molecular weight is 354 g/mol. The van der Waals surface area contributed by atoms with Gasteiger partial charge in [-0.1, -0.05) is 37.3 Å². The Kier molecular flexibility index (Phi) is 5.51. The molecule has 1 saturated heterocycles. The maximum absolute atomic E-state index is 12.8. The van der Waals surface area contributed by atoms with Gasteiger partial charge in [0.1, 0.15) is 6.61 Å². The van der Waals surface area contributed by atoms with Gasteiger partial charge < -0.3 is 14.7 Å². The van der Waals surface area contributed by atoms with Crippen LogP contribution in [0.25, 0.3) is 0 Å². The minimum Gasteiger partial charge on any atom is -0.481 e. The lowest BCUT2D eigenvalue weighted by Crippen LogP contribution is -2.45. The summed E-state index contributed by atoms with van der Waals surface area (Å²) in [7, 11) is 0. The average Bonchev–Trinajstić information content (AvgIpc) is 2.66. The summed E-state index contributed by atoms with van der Waals surface area (Å²) >= 11 is 0. The third-order valence-electron chi connectivity index (χ3n) is 4.51. The van der Waals surface area contributed by atoms with Crippen molar-refractivity contribution in [3.05, 3.63) is 59.8 Å². The molecule has 1 N–H and O–H groups in total. The van der Waals surface area contributed by atoms with E-state index >= 15 is 0 Å². The number of aliphatic carboxylic acids is 1. The first kappa shape index (κ1) is 17.9. The third-order valence-corrected chi connectivity index (χ3v) is 4.51. The summed E-state index contributed by atoms with van der Waals surface area (Å²) < 4.78 is 5.67. The van der Waals surface area contributed by atoms with Crippen LogP contribution in [0.1, 0.15) is 29.3 Å². The molecule has 0 radical (unpaired) electrons. The maximum Gasteiger partial charge on any atom is 0.308 e. The van der Waals surface area contributed by atoms with E-state index in [-0.39, 0.29) is 18.4 Å². The zero-order valence-electron chi connectivity index (χ0n) is 14.7. The molecule has 6 nitrogen and oxygen atoms in total. The molecule has 2 unspecified atom stereocenters. The van der Waals surface area contributed by atoms with Gasteiger partial charge in [0.2, 0.25) is 5.88 Å². The number of carbonyl (C=O) groups excluding carboxylic acids is 1. The number of ether oxygens (including phenoxy) is 1. The Morgan fingerprint density at radius 1 is 1.23 bits per heavy atom. The monoisotopic (exact) mass is 354 g/mol. The predicted octanol–water partition coefficient (Wildman–Crippen LogP) is 2.84. The number of rotatable bonds is 5. The first-order valence-electron chi connectivity index (χ1n) is 8.68. The molecule has 6 heteroatoms. The summed E-state index contributed by atoms with van der Waals surface area (Å²) in [4.78, 5) is 29.9. The fraction of sp³-hybridized carbons (Fsp3) is 0.350. The highest BCUT2D eigenvalue weighted by Gasteiger charge is 2.32. The number of carboxylic acid groups (broad SMARTS) is 1. The van der Waals surface area contributed by atoms with Crippen molar-refractivity contribution in [2.24, 2.45) is 11.8 Å². The lowest BCUT2D eigenvalue weighted by molar-refractivity contribution is -0.143. The van der Waals surface area contributed by atoms with Crippen LogP contribution < -0.4 is 4.74 Å². The van der Waals surface area contributed by atoms with Crippen molar-refractivity contribution in [2.75, 3.05) is 13.1 Å². The summed E-state index contributed by atoms with van der Waals surface area (Å²) in [5.74, 6) is -1.02. The van der Waals surface area contributed by atoms with E-state index in [0.29, 0.717) is 31.0 Å². The maximum atomic E-state index is 12.8. The van der Waals surface area contributed by atoms with E-state index in [1.165, 1.54) is 6.20 Å². The quantitative estimate of drug-likeness (QED) is 0.893. The Bertz CT molecular complexity index is 778. The van der Waals surface area contributed by atoms with Gasteiger partial charge in [0.15, 0.2) is 0 Å². The molecule has 136 valence electrons. The minimum atomic E-state index is -0.851. The molecule has 0 bridgehead atoms. The van der Waals surface area contributed by atoms with E-state index < -0.39 is 11.9 Å². The molecule has 0 spiro atoms. The summed E-state index contributed by atoms with van der Waals surface area (Å²) in [6.07, 6.45) is 2.14. The summed E-state index contributed by atoms with van der Waals surface area (Å²) in [6.45, 7) is 3.13. The highest BCUT2D eigenvalue weighted by molar-refractivity contribution is 5.94. The molecule has 0 saturated carbocycles. The van der Waals surface area contributed by atoms with Gasteiger partial charge in [-0.3, -0.25) is 9.59 Å². The lowest BCUT2D eigenvalue weighted by Gasteiger charge is -2.34. The molecule has 1 fully saturated rings. The fourth-order valence-corrected chi connectivity index (χ4v) is 3.23. The Morgan fingerprint density at radius 2 is 2.00 bits per heavy atom. The molecule has 2 aromatic rings. The largest absolute Gasteiger partial charge is 0.481 e. The number of pyridine rings is 1. The van der Waals surface area contributed by atoms with Crippen molar-refractivity contribution < 1.29 is 19.4 Å². The van der Waals surface area contributed by atoms with Gasteiger partial charge in [-0.15, -0.1) is 0 Å². The van der Waals surface area contributed by atoms with Crippen LogP contribution in [0.3, 0.4) is 0 Å². The van der Waals surface area contributed by atoms with Crippen LogP contribution in [0.2, 0.25) is 0 Å². The van der Waals surface area contributed by atoms with Crippen LogP contribution in [0.4, 0.5) is 0 Å². The van der Waals surface area contributed by atoms with Crippen LogP contribution >= 0.6 is 0 Å². The van der Waals surface area contributed by atoms with Gasteiger partial charge in [-0.25, -0.2) is 4.98 Å². The van der Waals surface area contributed by atoms with Crippen molar-refractivity contribution in [3.63, 3.8) is 0 Å². The number of likely N-dealkylation sites (tertiary alicyclic amines) is 1. The minimum absolute atomic E-state index is 0.157. The van der Waals surface area contributed by atoms with Crippen molar-refractivity contribution in [2.45, 2.75) is 20.0 Å². The van der Waals surface area contributed by atoms with Crippen LogP contribution in [0.15, 0.2) is 48.7 Å². The first-order valence-corrected chi connectivity index (χ1v) is 8.68. The zero-order chi connectivity index (χ0) is 18.5. The van der Waals surface area contributed by atoms with Crippen molar-refractivity contribution in [1.29, 1.82) is 0 Å². The molecule has 1 aromatic heterocycles.